The quantitative estimate of drug-likeness (QED) is 0.732. The summed E-state index contributed by atoms with van der Waals surface area (Å²) in [5, 5.41) is 0. The fourth-order valence-electron chi connectivity index (χ4n) is 3.78. The Labute approximate surface area is 160 Å². The van der Waals surface area contributed by atoms with Crippen LogP contribution in [0.1, 0.15) is 6.42 Å². The molecule has 3 heterocycles. The van der Waals surface area contributed by atoms with Crippen molar-refractivity contribution in [3.63, 3.8) is 0 Å². The predicted molar refractivity (Wildman–Crippen MR) is 101 cm³/mol. The molecule has 1 aromatic carbocycles. The number of piperazine rings is 1. The SMILES string of the molecule is O=C1C[C@@H]([NH+]2CCN(c3cccc[nH+]3)CC2)C(=O)N1c1ccc(Br)cc1. The topological polar surface area (TPSA) is 59.2 Å². The Kier molecular flexibility index (Phi) is 4.74. The summed E-state index contributed by atoms with van der Waals surface area (Å²) in [6, 6.07) is 13.1. The number of hydrogen-bond acceptors (Lipinski definition) is 3. The standard InChI is InChI=1S/C19H19BrN4O2/c20-14-4-6-15(7-5-14)24-18(25)13-16(19(24)26)22-9-11-23(12-10-22)17-3-1-2-8-21-17/h1-8,16H,9-13H2/p+2/t16-/m1/s1. The summed E-state index contributed by atoms with van der Waals surface area (Å²) in [5.41, 5.74) is 0.655. The zero-order valence-corrected chi connectivity index (χ0v) is 15.9. The van der Waals surface area contributed by atoms with E-state index in [2.05, 4.69) is 31.9 Å². The van der Waals surface area contributed by atoms with Crippen molar-refractivity contribution in [1.29, 1.82) is 0 Å². The van der Waals surface area contributed by atoms with E-state index < -0.39 is 0 Å². The second kappa shape index (κ2) is 7.17. The van der Waals surface area contributed by atoms with Crippen molar-refractivity contribution in [3.05, 3.63) is 53.1 Å². The Morgan fingerprint density at radius 3 is 2.42 bits per heavy atom. The van der Waals surface area contributed by atoms with Crippen molar-refractivity contribution in [2.45, 2.75) is 12.5 Å². The first kappa shape index (κ1) is 17.2. The number of hydrogen-bond donors (Lipinski definition) is 1. The molecule has 2 N–H and O–H groups in total. The van der Waals surface area contributed by atoms with Crippen LogP contribution < -0.4 is 19.7 Å². The first-order valence-corrected chi connectivity index (χ1v) is 9.61. The van der Waals surface area contributed by atoms with Crippen molar-refractivity contribution < 1.29 is 19.5 Å². The van der Waals surface area contributed by atoms with Crippen LogP contribution in [0, 0.1) is 0 Å². The average molecular weight is 417 g/mol. The molecule has 2 aliphatic rings. The number of anilines is 2. The number of amides is 2. The molecule has 0 saturated carbocycles. The number of carbonyl (C=O) groups is 2. The molecule has 0 spiro atoms. The summed E-state index contributed by atoms with van der Waals surface area (Å²) < 4.78 is 0.927. The predicted octanol–water partition coefficient (Wildman–Crippen LogP) is 0.300. The Morgan fingerprint density at radius 2 is 1.77 bits per heavy atom. The van der Waals surface area contributed by atoms with Gasteiger partial charge in [-0.05, 0) is 30.3 Å². The number of aromatic nitrogens is 1. The summed E-state index contributed by atoms with van der Waals surface area (Å²) in [4.78, 5) is 33.5. The van der Waals surface area contributed by atoms with Crippen molar-refractivity contribution in [3.8, 4) is 0 Å². The minimum atomic E-state index is -0.270. The van der Waals surface area contributed by atoms with Crippen LogP contribution in [0.15, 0.2) is 53.1 Å². The lowest BCUT2D eigenvalue weighted by atomic mass is 10.1. The highest BCUT2D eigenvalue weighted by Crippen LogP contribution is 2.24. The maximum absolute atomic E-state index is 12.9. The molecular weight excluding hydrogens is 396 g/mol. The summed E-state index contributed by atoms with van der Waals surface area (Å²) in [6.45, 7) is 3.43. The highest BCUT2D eigenvalue weighted by molar-refractivity contribution is 9.10. The molecule has 0 unspecified atom stereocenters. The molecule has 7 heteroatoms. The molecule has 2 aromatic rings. The first-order valence-electron chi connectivity index (χ1n) is 8.82. The summed E-state index contributed by atoms with van der Waals surface area (Å²) >= 11 is 3.38. The lowest BCUT2D eigenvalue weighted by Crippen LogP contribution is -3.19. The molecule has 2 aliphatic heterocycles. The van der Waals surface area contributed by atoms with E-state index in [0.717, 1.165) is 36.5 Å². The lowest BCUT2D eigenvalue weighted by Gasteiger charge is -2.31. The maximum atomic E-state index is 12.9. The second-order valence-corrected chi connectivity index (χ2v) is 7.61. The molecule has 1 atom stereocenters. The molecule has 4 rings (SSSR count). The Balaban J connectivity index is 1.44. The van der Waals surface area contributed by atoms with Gasteiger partial charge in [0.2, 0.25) is 5.91 Å². The van der Waals surface area contributed by atoms with Crippen molar-refractivity contribution in [1.82, 2.24) is 0 Å². The van der Waals surface area contributed by atoms with Gasteiger partial charge in [-0.3, -0.25) is 14.5 Å². The number of halogens is 1. The van der Waals surface area contributed by atoms with Gasteiger partial charge in [0, 0.05) is 10.5 Å². The van der Waals surface area contributed by atoms with Crippen molar-refractivity contribution in [2.75, 3.05) is 36.0 Å². The third kappa shape index (κ3) is 3.24. The molecule has 134 valence electrons. The van der Waals surface area contributed by atoms with Crippen molar-refractivity contribution >= 4 is 39.2 Å². The van der Waals surface area contributed by atoms with Crippen LogP contribution in [0.2, 0.25) is 0 Å². The van der Waals surface area contributed by atoms with Crippen LogP contribution in [-0.4, -0.2) is 44.0 Å². The number of quaternary nitrogens is 1. The number of benzene rings is 1. The Hall–Kier alpha value is -2.25. The molecule has 0 radical (unpaired) electrons. The van der Waals surface area contributed by atoms with Crippen LogP contribution in [-0.2, 0) is 9.59 Å². The van der Waals surface area contributed by atoms with Crippen LogP contribution >= 0.6 is 15.9 Å². The third-order valence-corrected chi connectivity index (χ3v) is 5.69. The molecule has 2 saturated heterocycles. The fourth-order valence-corrected chi connectivity index (χ4v) is 4.04. The van der Waals surface area contributed by atoms with Crippen LogP contribution in [0.5, 0.6) is 0 Å². The van der Waals surface area contributed by atoms with Gasteiger partial charge in [0.15, 0.2) is 6.04 Å². The van der Waals surface area contributed by atoms with E-state index in [0.29, 0.717) is 12.1 Å². The number of pyridine rings is 1. The summed E-state index contributed by atoms with van der Waals surface area (Å²) in [6.07, 6.45) is 2.21. The van der Waals surface area contributed by atoms with E-state index in [1.54, 1.807) is 12.1 Å². The summed E-state index contributed by atoms with van der Waals surface area (Å²) in [5.74, 6) is 0.914. The minimum Gasteiger partial charge on any atom is -0.318 e. The van der Waals surface area contributed by atoms with Gasteiger partial charge < -0.3 is 4.90 Å². The highest BCUT2D eigenvalue weighted by atomic mass is 79.9. The highest BCUT2D eigenvalue weighted by Gasteiger charge is 2.47. The van der Waals surface area contributed by atoms with Crippen LogP contribution in [0.3, 0.4) is 0 Å². The van der Waals surface area contributed by atoms with Crippen molar-refractivity contribution in [2.24, 2.45) is 0 Å². The molecule has 1 aromatic heterocycles. The van der Waals surface area contributed by atoms with Gasteiger partial charge in [0.05, 0.1) is 18.3 Å². The number of aromatic amines is 1. The summed E-state index contributed by atoms with van der Waals surface area (Å²) in [7, 11) is 0. The van der Waals surface area contributed by atoms with Gasteiger partial charge in [-0.15, -0.1) is 0 Å². The molecule has 0 bridgehead atoms. The molecular formula is C19H21BrN4O2+2. The minimum absolute atomic E-state index is 0.0768. The van der Waals surface area contributed by atoms with E-state index in [1.807, 2.05) is 30.5 Å². The largest absolute Gasteiger partial charge is 0.318 e. The van der Waals surface area contributed by atoms with Gasteiger partial charge >= 0.3 is 0 Å². The molecule has 2 amide bonds. The first-order chi connectivity index (χ1) is 12.6. The zero-order valence-electron chi connectivity index (χ0n) is 14.3. The Morgan fingerprint density at radius 1 is 1.04 bits per heavy atom. The Bertz CT molecular complexity index is 804. The van der Waals surface area contributed by atoms with E-state index in [1.165, 1.54) is 9.80 Å². The average Bonchev–Trinajstić information content (AvgIpc) is 2.98. The number of nitrogens with zero attached hydrogens (tertiary/aromatic N) is 2. The molecule has 6 nitrogen and oxygen atoms in total. The number of H-pyrrole nitrogens is 1. The third-order valence-electron chi connectivity index (χ3n) is 5.16. The molecule has 0 aliphatic carbocycles. The van der Waals surface area contributed by atoms with Gasteiger partial charge in [-0.25, -0.2) is 9.88 Å². The number of imide groups is 1. The smallest absolute Gasteiger partial charge is 0.292 e. The van der Waals surface area contributed by atoms with E-state index >= 15 is 0 Å². The molecule has 2 fully saturated rings. The lowest BCUT2D eigenvalue weighted by molar-refractivity contribution is -0.915. The van der Waals surface area contributed by atoms with Gasteiger partial charge in [-0.1, -0.05) is 22.0 Å². The number of carbonyl (C=O) groups excluding carboxylic acids is 2. The van der Waals surface area contributed by atoms with E-state index in [-0.39, 0.29) is 17.9 Å². The maximum Gasteiger partial charge on any atom is 0.292 e. The monoisotopic (exact) mass is 416 g/mol. The van der Waals surface area contributed by atoms with E-state index in [4.69, 9.17) is 0 Å². The van der Waals surface area contributed by atoms with Crippen LogP contribution in [0.4, 0.5) is 11.5 Å². The normalized spacial score (nSPS) is 21.5. The van der Waals surface area contributed by atoms with E-state index in [9.17, 15) is 9.59 Å². The van der Waals surface area contributed by atoms with Gasteiger partial charge in [0.25, 0.3) is 11.7 Å². The zero-order chi connectivity index (χ0) is 18.1. The molecule has 26 heavy (non-hydrogen) atoms. The number of nitrogens with one attached hydrogen (secondary N) is 2. The van der Waals surface area contributed by atoms with Gasteiger partial charge in [0.1, 0.15) is 26.2 Å². The number of rotatable bonds is 3. The fraction of sp³-hybridized carbons (Fsp3) is 0.316. The van der Waals surface area contributed by atoms with Crippen LogP contribution in [0.25, 0.3) is 0 Å². The second-order valence-electron chi connectivity index (χ2n) is 6.69. The van der Waals surface area contributed by atoms with Gasteiger partial charge in [-0.2, -0.15) is 0 Å².